The number of carbonyl (C=O) groups is 1. The van der Waals surface area contributed by atoms with Crippen molar-refractivity contribution in [1.82, 2.24) is 0 Å². The fourth-order valence-electron chi connectivity index (χ4n) is 7.31. The summed E-state index contributed by atoms with van der Waals surface area (Å²) in [6.45, 7) is 6.70. The Morgan fingerprint density at radius 3 is 2.65 bits per heavy atom. The second-order valence-electron chi connectivity index (χ2n) is 9.44. The van der Waals surface area contributed by atoms with Gasteiger partial charge in [0.15, 0.2) is 0 Å². The largest absolute Gasteiger partial charge is 0.393 e. The average molecular weight is 316 g/mol. The third-order valence-electron chi connectivity index (χ3n) is 8.57. The van der Waals surface area contributed by atoms with E-state index in [2.05, 4.69) is 19.9 Å². The Hall–Kier alpha value is -0.630. The summed E-state index contributed by atoms with van der Waals surface area (Å²) >= 11 is 0. The number of Topliss-reactive ketones (excluding diaryl/α,β-unsaturated/α-hetero) is 1. The molecule has 23 heavy (non-hydrogen) atoms. The van der Waals surface area contributed by atoms with Gasteiger partial charge < -0.3 is 5.11 Å². The molecule has 4 unspecified atom stereocenters. The van der Waals surface area contributed by atoms with Crippen LogP contribution in [0.1, 0.15) is 72.1 Å². The highest BCUT2D eigenvalue weighted by atomic mass is 16.3. The fourth-order valence-corrected chi connectivity index (χ4v) is 7.31. The first-order chi connectivity index (χ1) is 10.9. The molecule has 2 nitrogen and oxygen atoms in total. The molecule has 0 amide bonds. The number of rotatable bonds is 1. The molecule has 0 spiro atoms. The number of hydrogen-bond acceptors (Lipinski definition) is 2. The lowest BCUT2D eigenvalue weighted by molar-refractivity contribution is -0.127. The summed E-state index contributed by atoms with van der Waals surface area (Å²) in [5.41, 5.74) is 2.11. The van der Waals surface area contributed by atoms with Crippen LogP contribution < -0.4 is 0 Å². The van der Waals surface area contributed by atoms with Crippen LogP contribution in [0.5, 0.6) is 0 Å². The van der Waals surface area contributed by atoms with Crippen LogP contribution >= 0.6 is 0 Å². The van der Waals surface area contributed by atoms with Crippen LogP contribution in [0.4, 0.5) is 0 Å². The fraction of sp³-hybridized carbons (Fsp3) is 0.857. The first-order valence-corrected chi connectivity index (χ1v) is 9.74. The molecule has 3 saturated carbocycles. The van der Waals surface area contributed by atoms with E-state index in [4.69, 9.17) is 0 Å². The highest BCUT2D eigenvalue weighted by Crippen LogP contribution is 2.66. The number of fused-ring (bicyclic) bond motifs is 5. The van der Waals surface area contributed by atoms with Crippen LogP contribution in [0.3, 0.4) is 0 Å². The van der Waals surface area contributed by atoms with E-state index in [0.717, 1.165) is 43.4 Å². The Bertz CT molecular complexity index is 550. The van der Waals surface area contributed by atoms with Gasteiger partial charge in [0.05, 0.1) is 6.10 Å². The van der Waals surface area contributed by atoms with Crippen LogP contribution in [0.15, 0.2) is 11.6 Å². The molecule has 4 rings (SSSR count). The Labute approximate surface area is 140 Å². The summed E-state index contributed by atoms with van der Waals surface area (Å²) in [5, 5.41) is 10.1. The highest BCUT2D eigenvalue weighted by Gasteiger charge is 2.59. The summed E-state index contributed by atoms with van der Waals surface area (Å²) in [7, 11) is 0. The topological polar surface area (TPSA) is 37.3 Å². The zero-order valence-electron chi connectivity index (χ0n) is 15.0. The SMILES string of the molecule is CC(=O)C1CCC2C3CC=C4CC(O)CC[C@]4(C)[C@H]3CC[C@]12C. The van der Waals surface area contributed by atoms with Crippen LogP contribution in [0, 0.1) is 34.5 Å². The lowest BCUT2D eigenvalue weighted by atomic mass is 9.47. The quantitative estimate of drug-likeness (QED) is 0.722. The van der Waals surface area contributed by atoms with Gasteiger partial charge in [-0.15, -0.1) is 0 Å². The molecule has 0 bridgehead atoms. The molecule has 3 fully saturated rings. The van der Waals surface area contributed by atoms with Crippen molar-refractivity contribution < 1.29 is 9.90 Å². The van der Waals surface area contributed by atoms with E-state index in [-0.39, 0.29) is 11.5 Å². The van der Waals surface area contributed by atoms with Crippen LogP contribution in [-0.4, -0.2) is 17.0 Å². The molecule has 0 aromatic rings. The zero-order valence-corrected chi connectivity index (χ0v) is 15.0. The Kier molecular flexibility index (Phi) is 3.58. The van der Waals surface area contributed by atoms with E-state index in [1.165, 1.54) is 25.7 Å². The van der Waals surface area contributed by atoms with Crippen molar-refractivity contribution in [3.63, 3.8) is 0 Å². The van der Waals surface area contributed by atoms with Crippen molar-refractivity contribution in [2.45, 2.75) is 78.2 Å². The van der Waals surface area contributed by atoms with E-state index in [1.807, 2.05) is 6.92 Å². The first-order valence-electron chi connectivity index (χ1n) is 9.74. The van der Waals surface area contributed by atoms with E-state index in [9.17, 15) is 9.90 Å². The van der Waals surface area contributed by atoms with Gasteiger partial charge in [-0.2, -0.15) is 0 Å². The number of aliphatic hydroxyl groups excluding tert-OH is 1. The number of hydrogen-bond donors (Lipinski definition) is 1. The van der Waals surface area contributed by atoms with Gasteiger partial charge in [-0.1, -0.05) is 25.5 Å². The summed E-state index contributed by atoms with van der Waals surface area (Å²) in [5.74, 6) is 3.00. The molecule has 128 valence electrons. The van der Waals surface area contributed by atoms with Gasteiger partial charge >= 0.3 is 0 Å². The summed E-state index contributed by atoms with van der Waals surface area (Å²) in [4.78, 5) is 12.2. The van der Waals surface area contributed by atoms with Crippen molar-refractivity contribution in [2.24, 2.45) is 34.5 Å². The molecule has 1 N–H and O–H groups in total. The summed E-state index contributed by atoms with van der Waals surface area (Å²) < 4.78 is 0. The van der Waals surface area contributed by atoms with E-state index < -0.39 is 0 Å². The summed E-state index contributed by atoms with van der Waals surface area (Å²) in [6, 6.07) is 0. The molecule has 7 atom stereocenters. The molecular weight excluding hydrogens is 284 g/mol. The molecule has 4 aliphatic carbocycles. The molecule has 0 aromatic heterocycles. The molecule has 0 aromatic carbocycles. The molecule has 2 heteroatoms. The number of allylic oxidation sites excluding steroid dienone is 1. The van der Waals surface area contributed by atoms with E-state index >= 15 is 0 Å². The number of ketones is 1. The van der Waals surface area contributed by atoms with Crippen LogP contribution in [-0.2, 0) is 4.79 Å². The monoisotopic (exact) mass is 316 g/mol. The molecular formula is C21H32O2. The zero-order chi connectivity index (χ0) is 16.4. The predicted octanol–water partition coefficient (Wildman–Crippen LogP) is 4.52. The molecule has 0 radical (unpaired) electrons. The van der Waals surface area contributed by atoms with Crippen molar-refractivity contribution in [3.05, 3.63) is 11.6 Å². The third-order valence-corrected chi connectivity index (χ3v) is 8.57. The summed E-state index contributed by atoms with van der Waals surface area (Å²) in [6.07, 6.45) is 11.5. The Morgan fingerprint density at radius 1 is 1.13 bits per heavy atom. The minimum atomic E-state index is -0.117. The smallest absolute Gasteiger partial charge is 0.133 e. The second-order valence-corrected chi connectivity index (χ2v) is 9.44. The van der Waals surface area contributed by atoms with Gasteiger partial charge in [0, 0.05) is 5.92 Å². The highest BCUT2D eigenvalue weighted by molar-refractivity contribution is 5.79. The van der Waals surface area contributed by atoms with Gasteiger partial charge in [-0.25, -0.2) is 0 Å². The lowest BCUT2D eigenvalue weighted by Gasteiger charge is -2.57. The Morgan fingerprint density at radius 2 is 1.91 bits per heavy atom. The van der Waals surface area contributed by atoms with Gasteiger partial charge in [0.2, 0.25) is 0 Å². The standard InChI is InChI=1S/C21H32O2/c1-13(22)17-6-7-18-16-5-4-14-12-15(23)8-10-20(14,2)19(16)9-11-21(17,18)3/h4,15-19,23H,5-12H2,1-3H3/t15?,16?,17?,18?,19-,20-,21+/m0/s1. The lowest BCUT2D eigenvalue weighted by Crippen LogP contribution is -2.50. The molecule has 0 heterocycles. The van der Waals surface area contributed by atoms with Crippen molar-refractivity contribution in [3.8, 4) is 0 Å². The maximum atomic E-state index is 12.2. The molecule has 0 saturated heterocycles. The minimum absolute atomic E-state index is 0.117. The normalized spacial score (nSPS) is 52.2. The second kappa shape index (κ2) is 5.18. The first kappa shape index (κ1) is 15.9. The maximum Gasteiger partial charge on any atom is 0.133 e. The molecule has 4 aliphatic rings. The minimum Gasteiger partial charge on any atom is -0.393 e. The van der Waals surface area contributed by atoms with E-state index in [1.54, 1.807) is 5.57 Å². The van der Waals surface area contributed by atoms with Crippen molar-refractivity contribution in [2.75, 3.05) is 0 Å². The maximum absolute atomic E-state index is 12.2. The van der Waals surface area contributed by atoms with Crippen LogP contribution in [0.25, 0.3) is 0 Å². The van der Waals surface area contributed by atoms with Gasteiger partial charge in [-0.3, -0.25) is 4.79 Å². The van der Waals surface area contributed by atoms with Gasteiger partial charge in [0.25, 0.3) is 0 Å². The van der Waals surface area contributed by atoms with Crippen LogP contribution in [0.2, 0.25) is 0 Å². The van der Waals surface area contributed by atoms with Crippen molar-refractivity contribution >= 4 is 5.78 Å². The average Bonchev–Trinajstić information content (AvgIpc) is 2.85. The number of carbonyl (C=O) groups excluding carboxylic acids is 1. The number of aliphatic hydroxyl groups is 1. The third kappa shape index (κ3) is 2.13. The van der Waals surface area contributed by atoms with Crippen molar-refractivity contribution in [1.29, 1.82) is 0 Å². The predicted molar refractivity (Wildman–Crippen MR) is 91.9 cm³/mol. The van der Waals surface area contributed by atoms with E-state index in [0.29, 0.717) is 17.1 Å². The van der Waals surface area contributed by atoms with Gasteiger partial charge in [-0.05, 0) is 86.9 Å². The molecule has 0 aliphatic heterocycles. The Balaban J connectivity index is 1.66. The van der Waals surface area contributed by atoms with Gasteiger partial charge in [0.1, 0.15) is 5.78 Å².